The van der Waals surface area contributed by atoms with Gasteiger partial charge in [-0.05, 0) is 97.7 Å². The quantitative estimate of drug-likeness (QED) is 0.689. The van der Waals surface area contributed by atoms with Gasteiger partial charge in [0.25, 0.3) is 0 Å². The first-order chi connectivity index (χ1) is 13.5. The summed E-state index contributed by atoms with van der Waals surface area (Å²) in [5.74, 6) is 1.65. The average molecular weight is 376 g/mol. The molecule has 146 valence electrons. The minimum absolute atomic E-state index is 0.264. The Morgan fingerprint density at radius 2 is 1.79 bits per heavy atom. The highest BCUT2D eigenvalue weighted by atomic mass is 15.6. The molecule has 1 heterocycles. The highest BCUT2D eigenvalue weighted by Gasteiger charge is 2.41. The number of aromatic nitrogens is 4. The SMILES string of the molecule is Cc1cccc(NC2(c3nnnn3-c3cccc(C)c3C)CCC(C)CC2)c1. The molecule has 4 rings (SSSR count). The second kappa shape index (κ2) is 7.38. The summed E-state index contributed by atoms with van der Waals surface area (Å²) in [7, 11) is 0. The van der Waals surface area contributed by atoms with Crippen LogP contribution < -0.4 is 5.32 Å². The number of nitrogens with zero attached hydrogens (tertiary/aromatic N) is 4. The van der Waals surface area contributed by atoms with E-state index in [1.54, 1.807) is 0 Å². The summed E-state index contributed by atoms with van der Waals surface area (Å²) in [6, 6.07) is 14.9. The number of aryl methyl sites for hydroxylation is 2. The smallest absolute Gasteiger partial charge is 0.181 e. The van der Waals surface area contributed by atoms with Crippen LogP contribution in [-0.4, -0.2) is 20.2 Å². The van der Waals surface area contributed by atoms with Crippen molar-refractivity contribution in [3.05, 3.63) is 65.0 Å². The predicted octanol–water partition coefficient (Wildman–Crippen LogP) is 5.11. The van der Waals surface area contributed by atoms with Crippen molar-refractivity contribution >= 4 is 5.69 Å². The molecule has 0 amide bonds. The van der Waals surface area contributed by atoms with Gasteiger partial charge < -0.3 is 5.32 Å². The van der Waals surface area contributed by atoms with Gasteiger partial charge in [-0.2, -0.15) is 4.68 Å². The van der Waals surface area contributed by atoms with Crippen LogP contribution in [0.5, 0.6) is 0 Å². The summed E-state index contributed by atoms with van der Waals surface area (Å²) < 4.78 is 1.95. The maximum Gasteiger partial charge on any atom is 0.181 e. The van der Waals surface area contributed by atoms with Gasteiger partial charge >= 0.3 is 0 Å². The number of hydrogen-bond donors (Lipinski definition) is 1. The van der Waals surface area contributed by atoms with Gasteiger partial charge in [-0.1, -0.05) is 31.2 Å². The van der Waals surface area contributed by atoms with Crippen LogP contribution in [0.4, 0.5) is 5.69 Å². The first kappa shape index (κ1) is 18.7. The van der Waals surface area contributed by atoms with Crippen LogP contribution >= 0.6 is 0 Å². The fourth-order valence-electron chi connectivity index (χ4n) is 4.27. The van der Waals surface area contributed by atoms with Crippen LogP contribution in [0.2, 0.25) is 0 Å². The van der Waals surface area contributed by atoms with Gasteiger partial charge in [-0.15, -0.1) is 5.10 Å². The molecule has 3 aromatic rings. The summed E-state index contributed by atoms with van der Waals surface area (Å²) in [6.45, 7) is 8.73. The number of tetrazole rings is 1. The van der Waals surface area contributed by atoms with Crippen LogP contribution in [0.3, 0.4) is 0 Å². The van der Waals surface area contributed by atoms with Crippen molar-refractivity contribution in [1.82, 2.24) is 20.2 Å². The molecular formula is C23H29N5. The third kappa shape index (κ3) is 3.41. The fraction of sp³-hybridized carbons (Fsp3) is 0.435. The Morgan fingerprint density at radius 1 is 1.04 bits per heavy atom. The lowest BCUT2D eigenvalue weighted by Crippen LogP contribution is -2.41. The second-order valence-electron chi connectivity index (χ2n) is 8.39. The summed E-state index contributed by atoms with van der Waals surface area (Å²) in [6.07, 6.45) is 4.37. The number of hydrogen-bond acceptors (Lipinski definition) is 4. The van der Waals surface area contributed by atoms with Gasteiger partial charge in [0.1, 0.15) is 0 Å². The van der Waals surface area contributed by atoms with Crippen molar-refractivity contribution < 1.29 is 0 Å². The Bertz CT molecular complexity index is 967. The third-order valence-corrected chi connectivity index (χ3v) is 6.23. The summed E-state index contributed by atoms with van der Waals surface area (Å²) in [4.78, 5) is 0. The third-order valence-electron chi connectivity index (χ3n) is 6.23. The van der Waals surface area contributed by atoms with Gasteiger partial charge in [-0.25, -0.2) is 0 Å². The maximum absolute atomic E-state index is 4.54. The molecule has 1 aromatic heterocycles. The van der Waals surface area contributed by atoms with E-state index in [1.165, 1.54) is 29.5 Å². The second-order valence-corrected chi connectivity index (χ2v) is 8.39. The molecule has 1 aliphatic rings. The number of anilines is 1. The molecule has 0 bridgehead atoms. The Morgan fingerprint density at radius 3 is 2.54 bits per heavy atom. The van der Waals surface area contributed by atoms with Gasteiger partial charge in [-0.3, -0.25) is 0 Å². The van der Waals surface area contributed by atoms with Crippen LogP contribution in [-0.2, 0) is 5.54 Å². The van der Waals surface area contributed by atoms with E-state index in [9.17, 15) is 0 Å². The predicted molar refractivity (Wildman–Crippen MR) is 113 cm³/mol. The molecule has 0 radical (unpaired) electrons. The van der Waals surface area contributed by atoms with Crippen molar-refractivity contribution in [1.29, 1.82) is 0 Å². The van der Waals surface area contributed by atoms with E-state index in [-0.39, 0.29) is 5.54 Å². The molecule has 1 saturated carbocycles. The highest BCUT2D eigenvalue weighted by molar-refractivity contribution is 5.50. The van der Waals surface area contributed by atoms with Crippen molar-refractivity contribution in [3.63, 3.8) is 0 Å². The van der Waals surface area contributed by atoms with Crippen LogP contribution in [0.25, 0.3) is 5.69 Å². The van der Waals surface area contributed by atoms with Crippen LogP contribution in [0.1, 0.15) is 55.1 Å². The largest absolute Gasteiger partial charge is 0.373 e. The Labute approximate surface area is 167 Å². The molecule has 28 heavy (non-hydrogen) atoms. The first-order valence-corrected chi connectivity index (χ1v) is 10.2. The monoisotopic (exact) mass is 375 g/mol. The van der Waals surface area contributed by atoms with Gasteiger partial charge in [0.2, 0.25) is 0 Å². The molecule has 0 spiro atoms. The average Bonchev–Trinajstić information content (AvgIpc) is 3.16. The molecule has 0 unspecified atom stereocenters. The zero-order chi connectivity index (χ0) is 19.7. The maximum atomic E-state index is 4.54. The fourth-order valence-corrected chi connectivity index (χ4v) is 4.27. The van der Waals surface area contributed by atoms with Gasteiger partial charge in [0.15, 0.2) is 5.82 Å². The molecule has 0 aliphatic heterocycles. The van der Waals surface area contributed by atoms with E-state index in [4.69, 9.17) is 0 Å². The van der Waals surface area contributed by atoms with Gasteiger partial charge in [0.05, 0.1) is 11.2 Å². The Kier molecular flexibility index (Phi) is 4.92. The molecule has 0 atom stereocenters. The standard InChI is InChI=1S/C23H29N5/c1-16-11-13-23(14-12-16,24-20-9-5-7-17(2)15-20)22-25-26-27-28(22)21-10-6-8-18(3)19(21)4/h5-10,15-16,24H,11-14H2,1-4H3. The summed E-state index contributed by atoms with van der Waals surface area (Å²) >= 11 is 0. The first-order valence-electron chi connectivity index (χ1n) is 10.2. The molecule has 2 aromatic carbocycles. The van der Waals surface area contributed by atoms with E-state index < -0.39 is 0 Å². The van der Waals surface area contributed by atoms with Crippen molar-refractivity contribution in [3.8, 4) is 5.69 Å². The minimum atomic E-state index is -0.264. The van der Waals surface area contributed by atoms with Crippen molar-refractivity contribution in [2.75, 3.05) is 5.32 Å². The Balaban J connectivity index is 1.80. The number of rotatable bonds is 4. The summed E-state index contributed by atoms with van der Waals surface area (Å²) in [5, 5.41) is 16.9. The molecule has 5 nitrogen and oxygen atoms in total. The Hall–Kier alpha value is -2.69. The zero-order valence-corrected chi connectivity index (χ0v) is 17.2. The lowest BCUT2D eigenvalue weighted by atomic mass is 9.76. The van der Waals surface area contributed by atoms with E-state index in [0.29, 0.717) is 0 Å². The van der Waals surface area contributed by atoms with E-state index in [2.05, 4.69) is 91.0 Å². The normalized spacial score (nSPS) is 22.2. The summed E-state index contributed by atoms with van der Waals surface area (Å²) in [5.41, 5.74) is 5.63. The highest BCUT2D eigenvalue weighted by Crippen LogP contribution is 2.42. The van der Waals surface area contributed by atoms with Crippen molar-refractivity contribution in [2.24, 2.45) is 5.92 Å². The van der Waals surface area contributed by atoms with E-state index in [1.807, 2.05) is 4.68 Å². The number of benzene rings is 2. The molecule has 0 saturated heterocycles. The molecule has 1 N–H and O–H groups in total. The van der Waals surface area contributed by atoms with E-state index in [0.717, 1.165) is 36.0 Å². The van der Waals surface area contributed by atoms with Crippen LogP contribution in [0, 0.1) is 26.7 Å². The molecule has 1 aliphatic carbocycles. The van der Waals surface area contributed by atoms with Gasteiger partial charge in [0, 0.05) is 5.69 Å². The molecular weight excluding hydrogens is 346 g/mol. The lowest BCUT2D eigenvalue weighted by molar-refractivity contribution is 0.255. The van der Waals surface area contributed by atoms with E-state index >= 15 is 0 Å². The lowest BCUT2D eigenvalue weighted by Gasteiger charge is -2.39. The van der Waals surface area contributed by atoms with Crippen LogP contribution in [0.15, 0.2) is 42.5 Å². The number of nitrogens with one attached hydrogen (secondary N) is 1. The van der Waals surface area contributed by atoms with Crippen molar-refractivity contribution in [2.45, 2.75) is 58.9 Å². The molecule has 1 fully saturated rings. The minimum Gasteiger partial charge on any atom is -0.373 e. The zero-order valence-electron chi connectivity index (χ0n) is 17.2. The molecule has 5 heteroatoms. The topological polar surface area (TPSA) is 55.6 Å².